The van der Waals surface area contributed by atoms with E-state index in [1.54, 1.807) is 44.3 Å². The summed E-state index contributed by atoms with van der Waals surface area (Å²) in [6.07, 6.45) is 0. The molecule has 2 rings (SSSR count). The molecule has 2 amide bonds. The van der Waals surface area contributed by atoms with Crippen molar-refractivity contribution in [3.63, 3.8) is 0 Å². The van der Waals surface area contributed by atoms with Crippen LogP contribution in [-0.4, -0.2) is 37.9 Å². The maximum absolute atomic E-state index is 12.5. The smallest absolute Gasteiger partial charge is 0.253 e. The third kappa shape index (κ3) is 4.43. The third-order valence-electron chi connectivity index (χ3n) is 3.69. The van der Waals surface area contributed by atoms with Gasteiger partial charge in [-0.25, -0.2) is 0 Å². The van der Waals surface area contributed by atoms with Gasteiger partial charge in [0.05, 0.1) is 6.61 Å². The molecule has 126 valence electrons. The van der Waals surface area contributed by atoms with Gasteiger partial charge in [0.25, 0.3) is 11.8 Å². The number of carbonyl (C=O) groups excluding carboxylic acids is 2. The van der Waals surface area contributed by atoms with E-state index < -0.39 is 0 Å². The molecule has 2 aromatic rings. The first-order chi connectivity index (χ1) is 11.5. The van der Waals surface area contributed by atoms with Crippen LogP contribution in [0.2, 0.25) is 0 Å². The number of ether oxygens (including phenoxy) is 1. The van der Waals surface area contributed by atoms with Gasteiger partial charge in [-0.15, -0.1) is 0 Å². The molecule has 0 saturated carbocycles. The number of nitrogens with zero attached hydrogens (tertiary/aromatic N) is 1. The summed E-state index contributed by atoms with van der Waals surface area (Å²) in [5.74, 6) is -0.177. The maximum atomic E-state index is 12.5. The molecule has 0 aliphatic rings. The summed E-state index contributed by atoms with van der Waals surface area (Å²) in [6.45, 7) is 0.952. The van der Waals surface area contributed by atoms with Crippen LogP contribution >= 0.6 is 0 Å². The van der Waals surface area contributed by atoms with Crippen molar-refractivity contribution in [1.82, 2.24) is 10.2 Å². The van der Waals surface area contributed by atoms with Gasteiger partial charge in [-0.1, -0.05) is 24.3 Å². The van der Waals surface area contributed by atoms with Gasteiger partial charge in [0.2, 0.25) is 0 Å². The van der Waals surface area contributed by atoms with Gasteiger partial charge in [-0.3, -0.25) is 9.59 Å². The SMILES string of the molecule is CNC(=O)c1ccc(CN(C)C(=O)c2cccc(COC)c2)cc1. The summed E-state index contributed by atoms with van der Waals surface area (Å²) >= 11 is 0. The Morgan fingerprint density at radius 2 is 1.75 bits per heavy atom. The summed E-state index contributed by atoms with van der Waals surface area (Å²) in [4.78, 5) is 25.7. The fraction of sp³-hybridized carbons (Fsp3) is 0.263. The molecule has 0 unspecified atom stereocenters. The molecular weight excluding hydrogens is 304 g/mol. The lowest BCUT2D eigenvalue weighted by Gasteiger charge is -2.18. The molecule has 0 fully saturated rings. The molecule has 0 aromatic heterocycles. The Labute approximate surface area is 142 Å². The molecule has 2 aromatic carbocycles. The molecular formula is C19H22N2O3. The fourth-order valence-corrected chi connectivity index (χ4v) is 2.43. The monoisotopic (exact) mass is 326 g/mol. The second-order valence-electron chi connectivity index (χ2n) is 5.57. The number of amides is 2. The normalized spacial score (nSPS) is 10.3. The van der Waals surface area contributed by atoms with Crippen molar-refractivity contribution in [2.24, 2.45) is 0 Å². The molecule has 0 aliphatic carbocycles. The van der Waals surface area contributed by atoms with Crippen LogP contribution in [0.1, 0.15) is 31.8 Å². The molecule has 24 heavy (non-hydrogen) atoms. The highest BCUT2D eigenvalue weighted by molar-refractivity contribution is 5.94. The van der Waals surface area contributed by atoms with Crippen LogP contribution in [-0.2, 0) is 17.9 Å². The molecule has 1 N–H and O–H groups in total. The van der Waals surface area contributed by atoms with E-state index in [1.807, 2.05) is 30.3 Å². The van der Waals surface area contributed by atoms with E-state index in [0.717, 1.165) is 11.1 Å². The van der Waals surface area contributed by atoms with Crippen molar-refractivity contribution in [2.75, 3.05) is 21.2 Å². The second kappa shape index (κ2) is 8.26. The van der Waals surface area contributed by atoms with Crippen molar-refractivity contribution < 1.29 is 14.3 Å². The van der Waals surface area contributed by atoms with Gasteiger partial charge in [-0.05, 0) is 35.4 Å². The molecule has 0 heterocycles. The average Bonchev–Trinajstić information content (AvgIpc) is 2.61. The van der Waals surface area contributed by atoms with Crippen molar-refractivity contribution in [3.05, 3.63) is 70.8 Å². The predicted octanol–water partition coefficient (Wildman–Crippen LogP) is 2.46. The molecule has 5 nitrogen and oxygen atoms in total. The maximum Gasteiger partial charge on any atom is 0.253 e. The zero-order chi connectivity index (χ0) is 17.5. The van der Waals surface area contributed by atoms with Gasteiger partial charge in [0.1, 0.15) is 0 Å². The zero-order valence-electron chi connectivity index (χ0n) is 14.2. The predicted molar refractivity (Wildman–Crippen MR) is 92.8 cm³/mol. The summed E-state index contributed by atoms with van der Waals surface area (Å²) in [7, 11) is 4.99. The minimum absolute atomic E-state index is 0.0525. The minimum Gasteiger partial charge on any atom is -0.380 e. The number of nitrogens with one attached hydrogen (secondary N) is 1. The molecule has 0 bridgehead atoms. The average molecular weight is 326 g/mol. The molecule has 0 saturated heterocycles. The van der Waals surface area contributed by atoms with Crippen LogP contribution in [0.25, 0.3) is 0 Å². The highest BCUT2D eigenvalue weighted by Crippen LogP contribution is 2.12. The van der Waals surface area contributed by atoms with Crippen LogP contribution in [0.4, 0.5) is 0 Å². The molecule has 0 aliphatic heterocycles. The fourth-order valence-electron chi connectivity index (χ4n) is 2.43. The number of carbonyl (C=O) groups is 2. The zero-order valence-corrected chi connectivity index (χ0v) is 14.2. The molecule has 0 atom stereocenters. The molecule has 5 heteroatoms. The second-order valence-corrected chi connectivity index (χ2v) is 5.57. The highest BCUT2D eigenvalue weighted by Gasteiger charge is 2.13. The number of benzene rings is 2. The number of hydrogen-bond acceptors (Lipinski definition) is 3. The van der Waals surface area contributed by atoms with Gasteiger partial charge >= 0.3 is 0 Å². The standard InChI is InChI=1S/C19H22N2O3/c1-20-18(22)16-9-7-14(8-10-16)12-21(2)19(23)17-6-4-5-15(11-17)13-24-3/h4-11H,12-13H2,1-3H3,(H,20,22). The Hall–Kier alpha value is -2.66. The van der Waals surface area contributed by atoms with E-state index in [2.05, 4.69) is 5.32 Å². The third-order valence-corrected chi connectivity index (χ3v) is 3.69. The van der Waals surface area contributed by atoms with Crippen molar-refractivity contribution in [3.8, 4) is 0 Å². The van der Waals surface area contributed by atoms with Crippen LogP contribution in [0.3, 0.4) is 0 Å². The number of rotatable bonds is 6. The summed E-state index contributed by atoms with van der Waals surface area (Å²) < 4.78 is 5.10. The van der Waals surface area contributed by atoms with E-state index in [0.29, 0.717) is 24.3 Å². The van der Waals surface area contributed by atoms with E-state index in [4.69, 9.17) is 4.74 Å². The van der Waals surface area contributed by atoms with E-state index in [-0.39, 0.29) is 11.8 Å². The van der Waals surface area contributed by atoms with Crippen LogP contribution < -0.4 is 5.32 Å². The van der Waals surface area contributed by atoms with Gasteiger partial charge in [0, 0.05) is 38.9 Å². The molecule has 0 radical (unpaired) electrons. The van der Waals surface area contributed by atoms with Crippen molar-refractivity contribution in [2.45, 2.75) is 13.2 Å². The van der Waals surface area contributed by atoms with E-state index in [9.17, 15) is 9.59 Å². The van der Waals surface area contributed by atoms with Gasteiger partial charge in [0.15, 0.2) is 0 Å². The summed E-state index contributed by atoms with van der Waals surface area (Å²) in [5, 5.41) is 2.58. The van der Waals surface area contributed by atoms with Crippen LogP contribution in [0.5, 0.6) is 0 Å². The lowest BCUT2D eigenvalue weighted by molar-refractivity contribution is 0.0784. The Morgan fingerprint density at radius 1 is 1.04 bits per heavy atom. The lowest BCUT2D eigenvalue weighted by atomic mass is 10.1. The van der Waals surface area contributed by atoms with E-state index >= 15 is 0 Å². The van der Waals surface area contributed by atoms with Crippen LogP contribution in [0.15, 0.2) is 48.5 Å². The summed E-state index contributed by atoms with van der Waals surface area (Å²) in [6, 6.07) is 14.7. The Bertz CT molecular complexity index is 711. The largest absolute Gasteiger partial charge is 0.380 e. The van der Waals surface area contributed by atoms with Crippen molar-refractivity contribution in [1.29, 1.82) is 0 Å². The number of methoxy groups -OCH3 is 1. The quantitative estimate of drug-likeness (QED) is 0.887. The first-order valence-corrected chi connectivity index (χ1v) is 7.69. The first-order valence-electron chi connectivity index (χ1n) is 7.69. The minimum atomic E-state index is -0.124. The molecule has 0 spiro atoms. The Balaban J connectivity index is 2.06. The topological polar surface area (TPSA) is 58.6 Å². The lowest BCUT2D eigenvalue weighted by Crippen LogP contribution is -2.26. The Kier molecular flexibility index (Phi) is 6.09. The number of hydrogen-bond donors (Lipinski definition) is 1. The summed E-state index contributed by atoms with van der Waals surface area (Å²) in [5.41, 5.74) is 3.16. The van der Waals surface area contributed by atoms with Crippen molar-refractivity contribution >= 4 is 11.8 Å². The first kappa shape index (κ1) is 17.7. The highest BCUT2D eigenvalue weighted by atomic mass is 16.5. The van der Waals surface area contributed by atoms with Crippen LogP contribution in [0, 0.1) is 0 Å². The Morgan fingerprint density at radius 3 is 2.38 bits per heavy atom. The van der Waals surface area contributed by atoms with E-state index in [1.165, 1.54) is 0 Å². The van der Waals surface area contributed by atoms with Gasteiger partial charge in [-0.2, -0.15) is 0 Å². The van der Waals surface area contributed by atoms with Gasteiger partial charge < -0.3 is 15.0 Å².